The topological polar surface area (TPSA) is 71.4 Å². The van der Waals surface area contributed by atoms with Crippen molar-refractivity contribution in [2.45, 2.75) is 31.6 Å². The molecule has 0 unspecified atom stereocenters. The van der Waals surface area contributed by atoms with E-state index in [4.69, 9.17) is 4.74 Å². The molecule has 3 rings (SSSR count). The van der Waals surface area contributed by atoms with Gasteiger partial charge in [-0.05, 0) is 49.9 Å². The third-order valence-electron chi connectivity index (χ3n) is 5.61. The van der Waals surface area contributed by atoms with Crippen LogP contribution in [0.1, 0.15) is 26.7 Å². The largest absolute Gasteiger partial charge is 0.494 e. The van der Waals surface area contributed by atoms with Crippen LogP contribution >= 0.6 is 0 Å². The number of quaternary nitrogens is 1. The second kappa shape index (κ2) is 9.24. The predicted octanol–water partition coefficient (Wildman–Crippen LogP) is 0.233. The van der Waals surface area contributed by atoms with Crippen LogP contribution in [0.25, 0.3) is 0 Å². The summed E-state index contributed by atoms with van der Waals surface area (Å²) in [6, 6.07) is 6.58. The molecule has 1 N–H and O–H groups in total. The highest BCUT2D eigenvalue weighted by molar-refractivity contribution is 7.89. The number of benzene rings is 1. The zero-order valence-corrected chi connectivity index (χ0v) is 17.7. The molecular formula is C20H32N3O4S+. The van der Waals surface area contributed by atoms with Crippen LogP contribution in [0.5, 0.6) is 5.75 Å². The van der Waals surface area contributed by atoms with Gasteiger partial charge < -0.3 is 14.5 Å². The van der Waals surface area contributed by atoms with Gasteiger partial charge >= 0.3 is 0 Å². The highest BCUT2D eigenvalue weighted by Gasteiger charge is 2.32. The van der Waals surface area contributed by atoms with Crippen molar-refractivity contribution in [3.8, 4) is 5.75 Å². The summed E-state index contributed by atoms with van der Waals surface area (Å²) in [7, 11) is -3.50. The first-order valence-electron chi connectivity index (χ1n) is 10.2. The van der Waals surface area contributed by atoms with Crippen LogP contribution in [0.4, 0.5) is 0 Å². The van der Waals surface area contributed by atoms with Gasteiger partial charge in [-0.25, -0.2) is 8.42 Å². The number of nitrogens with one attached hydrogen (secondary N) is 1. The summed E-state index contributed by atoms with van der Waals surface area (Å²) in [6.45, 7) is 8.99. The van der Waals surface area contributed by atoms with Crippen LogP contribution in [0.2, 0.25) is 0 Å². The van der Waals surface area contributed by atoms with Crippen LogP contribution in [0.3, 0.4) is 0 Å². The third kappa shape index (κ3) is 5.04. The average Bonchev–Trinajstić information content (AvgIpc) is 2.69. The second-order valence-electron chi connectivity index (χ2n) is 7.82. The van der Waals surface area contributed by atoms with E-state index < -0.39 is 10.0 Å². The first-order valence-corrected chi connectivity index (χ1v) is 11.7. The molecule has 0 radical (unpaired) electrons. The molecule has 0 saturated carbocycles. The molecule has 7 nitrogen and oxygen atoms in total. The molecule has 2 fully saturated rings. The normalized spacial score (nSPS) is 22.2. The Morgan fingerprint density at radius 3 is 2.46 bits per heavy atom. The van der Waals surface area contributed by atoms with E-state index in [-0.39, 0.29) is 10.8 Å². The number of carbonyl (C=O) groups excluding carboxylic acids is 1. The molecule has 0 aliphatic carbocycles. The number of nitrogens with zero attached hydrogens (tertiary/aromatic N) is 2. The standard InChI is InChI=1S/C20H31N3O4S/c1-3-27-18-6-8-19(9-7-18)28(25,26)23-13-11-21(12-14-23)16-20(24)22-10-4-5-17(2)15-22/h6-9,17H,3-5,10-16H2,1-2H3/p+1/t17-/m1/s1. The number of amides is 1. The van der Waals surface area contributed by atoms with Crippen LogP contribution < -0.4 is 9.64 Å². The summed E-state index contributed by atoms with van der Waals surface area (Å²) in [6.07, 6.45) is 2.27. The lowest BCUT2D eigenvalue weighted by Gasteiger charge is -2.34. The number of rotatable bonds is 6. The minimum absolute atomic E-state index is 0.198. The zero-order chi connectivity index (χ0) is 20.1. The van der Waals surface area contributed by atoms with Gasteiger partial charge in [-0.2, -0.15) is 4.31 Å². The zero-order valence-electron chi connectivity index (χ0n) is 16.9. The molecule has 1 amide bonds. The lowest BCUT2D eigenvalue weighted by molar-refractivity contribution is -0.896. The van der Waals surface area contributed by atoms with Gasteiger partial charge in [0, 0.05) is 13.1 Å². The van der Waals surface area contributed by atoms with Gasteiger partial charge in [0.15, 0.2) is 6.54 Å². The quantitative estimate of drug-likeness (QED) is 0.729. The Balaban J connectivity index is 1.53. The van der Waals surface area contributed by atoms with Gasteiger partial charge in [-0.3, -0.25) is 4.79 Å². The van der Waals surface area contributed by atoms with Crippen molar-refractivity contribution in [2.75, 3.05) is 52.4 Å². The highest BCUT2D eigenvalue weighted by Crippen LogP contribution is 2.20. The van der Waals surface area contributed by atoms with E-state index in [1.165, 1.54) is 15.6 Å². The Bertz CT molecular complexity index is 758. The molecule has 2 aliphatic rings. The van der Waals surface area contributed by atoms with Crippen LogP contribution in [-0.4, -0.2) is 76.0 Å². The summed E-state index contributed by atoms with van der Waals surface area (Å²) in [4.78, 5) is 16.0. The van der Waals surface area contributed by atoms with E-state index in [2.05, 4.69) is 6.92 Å². The molecule has 0 spiro atoms. The van der Waals surface area contributed by atoms with Crippen molar-refractivity contribution in [3.05, 3.63) is 24.3 Å². The number of hydrogen-bond acceptors (Lipinski definition) is 4. The van der Waals surface area contributed by atoms with E-state index >= 15 is 0 Å². The molecule has 2 aliphatic heterocycles. The number of ether oxygens (including phenoxy) is 1. The summed E-state index contributed by atoms with van der Waals surface area (Å²) < 4.78 is 32.6. The molecule has 2 heterocycles. The first-order chi connectivity index (χ1) is 13.4. The molecule has 8 heteroatoms. The van der Waals surface area contributed by atoms with Gasteiger partial charge in [0.1, 0.15) is 5.75 Å². The fourth-order valence-electron chi connectivity index (χ4n) is 3.98. The second-order valence-corrected chi connectivity index (χ2v) is 9.76. The van der Waals surface area contributed by atoms with Gasteiger partial charge in [0.2, 0.25) is 10.0 Å². The molecule has 0 aromatic heterocycles. The van der Waals surface area contributed by atoms with E-state index in [9.17, 15) is 13.2 Å². The number of hydrogen-bond donors (Lipinski definition) is 1. The summed E-state index contributed by atoms with van der Waals surface area (Å²) >= 11 is 0. The number of likely N-dealkylation sites (tertiary alicyclic amines) is 1. The molecule has 156 valence electrons. The Kier molecular flexibility index (Phi) is 6.95. The van der Waals surface area contributed by atoms with Gasteiger partial charge in [-0.15, -0.1) is 0 Å². The number of carbonyl (C=O) groups is 1. The number of sulfonamides is 1. The van der Waals surface area contributed by atoms with Gasteiger partial charge in [-0.1, -0.05) is 6.92 Å². The summed E-state index contributed by atoms with van der Waals surface area (Å²) in [5.41, 5.74) is 0. The first kappa shape index (κ1) is 21.1. The Morgan fingerprint density at radius 1 is 1.18 bits per heavy atom. The molecule has 1 aromatic rings. The van der Waals surface area contributed by atoms with Crippen molar-refractivity contribution in [3.63, 3.8) is 0 Å². The SMILES string of the molecule is CCOc1ccc(S(=O)(=O)N2CC[NH+](CC(=O)N3CCC[C@@H](C)C3)CC2)cc1. The van der Waals surface area contributed by atoms with Crippen molar-refractivity contribution in [1.29, 1.82) is 0 Å². The fourth-order valence-corrected chi connectivity index (χ4v) is 5.43. The number of piperidine rings is 1. The minimum atomic E-state index is -3.50. The van der Waals surface area contributed by atoms with Crippen LogP contribution in [-0.2, 0) is 14.8 Å². The van der Waals surface area contributed by atoms with Crippen molar-refractivity contribution < 1.29 is 22.8 Å². The van der Waals surface area contributed by atoms with Crippen LogP contribution in [0.15, 0.2) is 29.2 Å². The van der Waals surface area contributed by atoms with E-state index in [0.29, 0.717) is 51.0 Å². The van der Waals surface area contributed by atoms with Crippen molar-refractivity contribution in [1.82, 2.24) is 9.21 Å². The minimum Gasteiger partial charge on any atom is -0.494 e. The molecule has 0 bridgehead atoms. The molecule has 1 aromatic carbocycles. The van der Waals surface area contributed by atoms with E-state index in [1.54, 1.807) is 24.3 Å². The molecule has 1 atom stereocenters. The van der Waals surface area contributed by atoms with E-state index in [0.717, 1.165) is 19.5 Å². The Labute approximate surface area is 168 Å². The van der Waals surface area contributed by atoms with Gasteiger partial charge in [0.05, 0.1) is 37.7 Å². The molecule has 2 saturated heterocycles. The Hall–Kier alpha value is -1.64. The van der Waals surface area contributed by atoms with Gasteiger partial charge in [0.25, 0.3) is 5.91 Å². The molecule has 28 heavy (non-hydrogen) atoms. The smallest absolute Gasteiger partial charge is 0.277 e. The third-order valence-corrected chi connectivity index (χ3v) is 7.53. The molecular weight excluding hydrogens is 378 g/mol. The lowest BCUT2D eigenvalue weighted by Crippen LogP contribution is -3.15. The maximum Gasteiger partial charge on any atom is 0.277 e. The maximum atomic E-state index is 12.9. The highest BCUT2D eigenvalue weighted by atomic mass is 32.2. The fraction of sp³-hybridized carbons (Fsp3) is 0.650. The lowest BCUT2D eigenvalue weighted by atomic mass is 10.0. The van der Waals surface area contributed by atoms with Crippen LogP contribution in [0, 0.1) is 5.92 Å². The number of piperazine rings is 1. The van der Waals surface area contributed by atoms with E-state index in [1.807, 2.05) is 11.8 Å². The predicted molar refractivity (Wildman–Crippen MR) is 107 cm³/mol. The average molecular weight is 411 g/mol. The van der Waals surface area contributed by atoms with Crippen molar-refractivity contribution >= 4 is 15.9 Å². The summed E-state index contributed by atoms with van der Waals surface area (Å²) in [5.74, 6) is 1.44. The Morgan fingerprint density at radius 2 is 1.86 bits per heavy atom. The van der Waals surface area contributed by atoms with Crippen molar-refractivity contribution in [2.24, 2.45) is 5.92 Å². The maximum absolute atomic E-state index is 12.9. The summed E-state index contributed by atoms with van der Waals surface area (Å²) in [5, 5.41) is 0. The monoisotopic (exact) mass is 410 g/mol.